The largest absolute Gasteiger partial charge is 0.784 e. The van der Waals surface area contributed by atoms with E-state index < -0.39 is 0 Å². The van der Waals surface area contributed by atoms with E-state index >= 15 is 0 Å². The van der Waals surface area contributed by atoms with Crippen LogP contribution in [-0.4, -0.2) is 28.8 Å². The van der Waals surface area contributed by atoms with Crippen LogP contribution in [0, 0.1) is 11.1 Å². The molecular weight excluding hydrogens is 192 g/mol. The van der Waals surface area contributed by atoms with Gasteiger partial charge in [-0.25, -0.2) is 9.79 Å². The monoisotopic (exact) mass is 211 g/mol. The van der Waals surface area contributed by atoms with Crippen molar-refractivity contribution in [2.24, 2.45) is 10.9 Å². The Bertz CT molecular complexity index is 262. The minimum absolute atomic E-state index is 0.307. The number of rotatable bonds is 2. The molecule has 0 unspecified atom stereocenters. The molecule has 0 radical (unpaired) electrons. The molecule has 0 spiro atoms. The van der Waals surface area contributed by atoms with Gasteiger partial charge < -0.3 is 10.3 Å². The quantitative estimate of drug-likeness (QED) is 0.519. The Morgan fingerprint density at radius 3 is 2.20 bits per heavy atom. The third-order valence-corrected chi connectivity index (χ3v) is 3.09. The SMILES string of the molecule is CC1(C)CC(CN=C=O)CC(C)(C)N1[O-]. The Balaban J connectivity index is 2.79. The van der Waals surface area contributed by atoms with Crippen molar-refractivity contribution in [3.63, 3.8) is 0 Å². The lowest BCUT2D eigenvalue weighted by Crippen LogP contribution is -2.58. The second kappa shape index (κ2) is 4.05. The average molecular weight is 211 g/mol. The fourth-order valence-corrected chi connectivity index (χ4v) is 2.77. The summed E-state index contributed by atoms with van der Waals surface area (Å²) in [5.74, 6) is 0.307. The summed E-state index contributed by atoms with van der Waals surface area (Å²) in [6.07, 6.45) is 3.13. The van der Waals surface area contributed by atoms with Crippen LogP contribution in [0.15, 0.2) is 4.99 Å². The number of hydrogen-bond donors (Lipinski definition) is 0. The first-order valence-electron chi connectivity index (χ1n) is 5.31. The number of isocyanates is 1. The van der Waals surface area contributed by atoms with E-state index in [-0.39, 0.29) is 11.1 Å². The predicted molar refractivity (Wildman–Crippen MR) is 59.1 cm³/mol. The number of hydroxylamine groups is 2. The molecule has 0 aliphatic carbocycles. The summed E-state index contributed by atoms with van der Waals surface area (Å²) in [4.78, 5) is 13.7. The highest BCUT2D eigenvalue weighted by Gasteiger charge is 2.39. The lowest BCUT2D eigenvalue weighted by atomic mass is 9.75. The van der Waals surface area contributed by atoms with Crippen LogP contribution in [0.3, 0.4) is 0 Å². The minimum Gasteiger partial charge on any atom is -0.784 e. The molecule has 1 fully saturated rings. The van der Waals surface area contributed by atoms with Crippen molar-refractivity contribution in [3.05, 3.63) is 5.21 Å². The predicted octanol–water partition coefficient (Wildman–Crippen LogP) is 2.09. The summed E-state index contributed by atoms with van der Waals surface area (Å²) >= 11 is 0. The Morgan fingerprint density at radius 2 is 1.80 bits per heavy atom. The van der Waals surface area contributed by atoms with Crippen molar-refractivity contribution in [1.82, 2.24) is 5.06 Å². The van der Waals surface area contributed by atoms with E-state index in [0.717, 1.165) is 12.8 Å². The Kier molecular flexibility index (Phi) is 3.34. The van der Waals surface area contributed by atoms with Gasteiger partial charge in [0.2, 0.25) is 6.08 Å². The highest BCUT2D eigenvalue weighted by molar-refractivity contribution is 5.32. The first kappa shape index (κ1) is 12.4. The molecule has 0 aromatic heterocycles. The van der Waals surface area contributed by atoms with Gasteiger partial charge in [0.25, 0.3) is 0 Å². The van der Waals surface area contributed by atoms with Crippen molar-refractivity contribution in [1.29, 1.82) is 0 Å². The van der Waals surface area contributed by atoms with Gasteiger partial charge in [-0.1, -0.05) is 0 Å². The summed E-state index contributed by atoms with van der Waals surface area (Å²) in [5, 5.41) is 13.2. The number of piperidine rings is 1. The molecule has 1 rings (SSSR count). The maximum absolute atomic E-state index is 12.0. The molecule has 0 saturated carbocycles. The fraction of sp³-hybridized carbons (Fsp3) is 0.909. The van der Waals surface area contributed by atoms with Gasteiger partial charge in [0.05, 0.1) is 6.54 Å². The third-order valence-electron chi connectivity index (χ3n) is 3.09. The number of aliphatic imine (C=N–C) groups is 1. The van der Waals surface area contributed by atoms with E-state index in [0.29, 0.717) is 12.5 Å². The standard InChI is InChI=1S/C11H19N2O2/c1-10(2)5-9(7-12-8-14)6-11(3,4)13(10)15/h9H,5-7H2,1-4H3/q-1. The molecule has 0 atom stereocenters. The van der Waals surface area contributed by atoms with E-state index in [1.54, 1.807) is 6.08 Å². The molecular formula is C11H19N2O2-. The van der Waals surface area contributed by atoms with Gasteiger partial charge in [-0.3, -0.25) is 0 Å². The lowest BCUT2D eigenvalue weighted by molar-refractivity contribution is -0.00851. The molecule has 0 N–H and O–H groups in total. The molecule has 4 nitrogen and oxygen atoms in total. The van der Waals surface area contributed by atoms with Crippen molar-refractivity contribution in [2.45, 2.75) is 51.6 Å². The number of hydrogen-bond acceptors (Lipinski definition) is 4. The zero-order valence-electron chi connectivity index (χ0n) is 9.91. The molecule has 86 valence electrons. The van der Waals surface area contributed by atoms with E-state index in [4.69, 9.17) is 0 Å². The molecule has 0 bridgehead atoms. The van der Waals surface area contributed by atoms with Gasteiger partial charge >= 0.3 is 0 Å². The van der Waals surface area contributed by atoms with Crippen LogP contribution in [0.4, 0.5) is 0 Å². The molecule has 0 aromatic carbocycles. The van der Waals surface area contributed by atoms with Crippen LogP contribution < -0.4 is 0 Å². The molecule has 0 amide bonds. The van der Waals surface area contributed by atoms with E-state index in [2.05, 4.69) is 4.99 Å². The Hall–Kier alpha value is -0.700. The van der Waals surface area contributed by atoms with Gasteiger partial charge in [0.1, 0.15) is 0 Å². The number of carbonyl (C=O) groups excluding carboxylic acids is 1. The van der Waals surface area contributed by atoms with Crippen molar-refractivity contribution >= 4 is 6.08 Å². The molecule has 1 aliphatic heterocycles. The van der Waals surface area contributed by atoms with Crippen LogP contribution in [0.1, 0.15) is 40.5 Å². The van der Waals surface area contributed by atoms with Crippen LogP contribution >= 0.6 is 0 Å². The average Bonchev–Trinajstić information content (AvgIpc) is 2.10. The highest BCUT2D eigenvalue weighted by atomic mass is 16.5. The van der Waals surface area contributed by atoms with E-state index in [9.17, 15) is 10.0 Å². The summed E-state index contributed by atoms with van der Waals surface area (Å²) in [7, 11) is 0. The van der Waals surface area contributed by atoms with Gasteiger partial charge in [0.15, 0.2) is 0 Å². The second-order valence-electron chi connectivity index (χ2n) is 5.63. The van der Waals surface area contributed by atoms with Crippen LogP contribution in [0.25, 0.3) is 0 Å². The second-order valence-corrected chi connectivity index (χ2v) is 5.63. The first-order chi connectivity index (χ1) is 6.79. The van der Waals surface area contributed by atoms with E-state index in [1.807, 2.05) is 27.7 Å². The molecule has 1 aliphatic rings. The van der Waals surface area contributed by atoms with Crippen molar-refractivity contribution in [3.8, 4) is 0 Å². The van der Waals surface area contributed by atoms with Crippen LogP contribution in [0.5, 0.6) is 0 Å². The summed E-state index contributed by atoms with van der Waals surface area (Å²) in [5.41, 5.74) is -0.740. The first-order valence-corrected chi connectivity index (χ1v) is 5.31. The summed E-state index contributed by atoms with van der Waals surface area (Å²) in [6, 6.07) is 0. The highest BCUT2D eigenvalue weighted by Crippen LogP contribution is 2.40. The molecule has 1 heterocycles. The van der Waals surface area contributed by atoms with E-state index in [1.165, 1.54) is 5.06 Å². The summed E-state index contributed by atoms with van der Waals surface area (Å²) < 4.78 is 0. The lowest BCUT2D eigenvalue weighted by Gasteiger charge is -2.59. The topological polar surface area (TPSA) is 55.7 Å². The van der Waals surface area contributed by atoms with Gasteiger partial charge in [0, 0.05) is 11.1 Å². The van der Waals surface area contributed by atoms with Crippen molar-refractivity contribution < 1.29 is 4.79 Å². The van der Waals surface area contributed by atoms with Crippen LogP contribution in [0.2, 0.25) is 0 Å². The van der Waals surface area contributed by atoms with Gasteiger partial charge in [-0.15, -0.1) is 0 Å². The third kappa shape index (κ3) is 2.65. The summed E-state index contributed by atoms with van der Waals surface area (Å²) in [6.45, 7) is 8.26. The molecule has 15 heavy (non-hydrogen) atoms. The zero-order valence-corrected chi connectivity index (χ0v) is 9.91. The normalized spacial score (nSPS) is 25.9. The smallest absolute Gasteiger partial charge is 0.234 e. The maximum Gasteiger partial charge on any atom is 0.234 e. The van der Waals surface area contributed by atoms with Gasteiger partial charge in [-0.2, -0.15) is 0 Å². The van der Waals surface area contributed by atoms with Crippen LogP contribution in [-0.2, 0) is 4.79 Å². The minimum atomic E-state index is -0.370. The Labute approximate surface area is 90.9 Å². The maximum atomic E-state index is 12.0. The fourth-order valence-electron chi connectivity index (χ4n) is 2.77. The zero-order chi connectivity index (χ0) is 11.7. The Morgan fingerprint density at radius 1 is 1.33 bits per heavy atom. The molecule has 4 heteroatoms. The number of nitrogens with zero attached hydrogens (tertiary/aromatic N) is 2. The van der Waals surface area contributed by atoms with Gasteiger partial charge in [-0.05, 0) is 46.5 Å². The van der Waals surface area contributed by atoms with Crippen molar-refractivity contribution in [2.75, 3.05) is 6.54 Å². The molecule has 0 aromatic rings. The molecule has 1 saturated heterocycles.